The van der Waals surface area contributed by atoms with Gasteiger partial charge in [-0.3, -0.25) is 10.1 Å². The molecule has 0 bridgehead atoms. The smallest absolute Gasteiger partial charge is 0.267 e. The van der Waals surface area contributed by atoms with Crippen LogP contribution in [0.3, 0.4) is 0 Å². The van der Waals surface area contributed by atoms with Gasteiger partial charge in [-0.25, -0.2) is 0 Å². The van der Waals surface area contributed by atoms with Gasteiger partial charge in [-0.2, -0.15) is 0 Å². The fourth-order valence-corrected chi connectivity index (χ4v) is 2.54. The van der Waals surface area contributed by atoms with Crippen molar-refractivity contribution >= 4 is 27.7 Å². The molecule has 1 amide bonds. The molecule has 1 heterocycles. The van der Waals surface area contributed by atoms with Crippen LogP contribution >= 0.6 is 15.9 Å². The molecule has 3 rings (SSSR count). The Morgan fingerprint density at radius 1 is 1.15 bits per heavy atom. The second kappa shape index (κ2) is 8.05. The van der Waals surface area contributed by atoms with Crippen molar-refractivity contribution < 1.29 is 18.8 Å². The average molecular weight is 417 g/mol. The Bertz CT molecular complexity index is 893. The van der Waals surface area contributed by atoms with Crippen molar-refractivity contribution in [2.75, 3.05) is 12.4 Å². The summed E-state index contributed by atoms with van der Waals surface area (Å²) in [6, 6.07) is 16.4. The molecule has 2 aromatic carbocycles. The van der Waals surface area contributed by atoms with Crippen molar-refractivity contribution in [1.82, 2.24) is 5.16 Å². The Morgan fingerprint density at radius 3 is 2.54 bits per heavy atom. The maximum Gasteiger partial charge on any atom is 0.267 e. The summed E-state index contributed by atoms with van der Waals surface area (Å²) in [5, 5.41) is 6.63. The minimum absolute atomic E-state index is 0.253. The molecule has 0 radical (unpaired) electrons. The van der Waals surface area contributed by atoms with Gasteiger partial charge >= 0.3 is 0 Å². The molecule has 1 N–H and O–H groups in total. The maximum atomic E-state index is 12.3. The summed E-state index contributed by atoms with van der Waals surface area (Å²) in [6.07, 6.45) is -0.743. The quantitative estimate of drug-likeness (QED) is 0.639. The molecule has 0 spiro atoms. The van der Waals surface area contributed by atoms with Crippen molar-refractivity contribution in [3.8, 4) is 22.8 Å². The Balaban J connectivity index is 1.65. The van der Waals surface area contributed by atoms with E-state index in [1.165, 1.54) is 0 Å². The number of ether oxygens (including phenoxy) is 2. The number of carbonyl (C=O) groups is 1. The van der Waals surface area contributed by atoms with Crippen molar-refractivity contribution in [2.45, 2.75) is 13.0 Å². The highest BCUT2D eigenvalue weighted by Gasteiger charge is 2.19. The van der Waals surface area contributed by atoms with E-state index in [0.717, 1.165) is 10.0 Å². The third-order valence-corrected chi connectivity index (χ3v) is 4.17. The van der Waals surface area contributed by atoms with Crippen LogP contribution in [-0.4, -0.2) is 24.3 Å². The summed E-state index contributed by atoms with van der Waals surface area (Å²) in [5.41, 5.74) is 1.52. The molecule has 0 fully saturated rings. The van der Waals surface area contributed by atoms with Gasteiger partial charge < -0.3 is 14.0 Å². The first-order valence-corrected chi connectivity index (χ1v) is 8.69. The van der Waals surface area contributed by atoms with Crippen molar-refractivity contribution in [3.63, 3.8) is 0 Å². The molecule has 7 heteroatoms. The minimum Gasteiger partial charge on any atom is -0.493 e. The molecule has 0 aliphatic heterocycles. The summed E-state index contributed by atoms with van der Waals surface area (Å²) >= 11 is 3.39. The number of carbonyl (C=O) groups excluding carboxylic acids is 1. The Hall–Kier alpha value is -2.80. The molecule has 1 aromatic heterocycles. The topological polar surface area (TPSA) is 73.6 Å². The lowest BCUT2D eigenvalue weighted by Gasteiger charge is -2.15. The van der Waals surface area contributed by atoms with Gasteiger partial charge in [0.15, 0.2) is 17.6 Å². The molecular weight excluding hydrogens is 400 g/mol. The Labute approximate surface area is 159 Å². The first-order valence-electron chi connectivity index (χ1n) is 7.90. The van der Waals surface area contributed by atoms with Gasteiger partial charge in [0.2, 0.25) is 5.88 Å². The number of aromatic nitrogens is 1. The molecule has 26 heavy (non-hydrogen) atoms. The highest BCUT2D eigenvalue weighted by atomic mass is 79.9. The summed E-state index contributed by atoms with van der Waals surface area (Å²) in [6.45, 7) is 1.65. The number of halogens is 1. The second-order valence-corrected chi connectivity index (χ2v) is 6.40. The molecular formula is C19H17BrN2O4. The average Bonchev–Trinajstić information content (AvgIpc) is 3.11. The number of methoxy groups -OCH3 is 1. The van der Waals surface area contributed by atoms with Gasteiger partial charge in [0.25, 0.3) is 5.91 Å². The van der Waals surface area contributed by atoms with Crippen LogP contribution in [0.25, 0.3) is 11.3 Å². The number of nitrogens with zero attached hydrogens (tertiary/aromatic N) is 1. The zero-order chi connectivity index (χ0) is 18.5. The third-order valence-electron chi connectivity index (χ3n) is 3.64. The SMILES string of the molecule is COc1ccccc1OC(C)C(=O)Nc1cc(-c2ccc(Br)cc2)no1. The normalized spacial score (nSPS) is 11.7. The van der Waals surface area contributed by atoms with E-state index in [1.54, 1.807) is 32.2 Å². The number of hydrogen-bond acceptors (Lipinski definition) is 5. The molecule has 1 atom stereocenters. The zero-order valence-corrected chi connectivity index (χ0v) is 15.8. The van der Waals surface area contributed by atoms with E-state index < -0.39 is 6.10 Å². The van der Waals surface area contributed by atoms with Crippen molar-refractivity contribution in [1.29, 1.82) is 0 Å². The standard InChI is InChI=1S/C19H17BrN2O4/c1-12(25-17-6-4-3-5-16(17)24-2)19(23)21-18-11-15(22-26-18)13-7-9-14(20)10-8-13/h3-12H,1-2H3,(H,21,23). The van der Waals surface area contributed by atoms with Crippen LogP contribution in [0.5, 0.6) is 11.5 Å². The van der Waals surface area contributed by atoms with Crippen LogP contribution in [0.15, 0.2) is 63.6 Å². The lowest BCUT2D eigenvalue weighted by atomic mass is 10.1. The van der Waals surface area contributed by atoms with E-state index in [4.69, 9.17) is 14.0 Å². The fraction of sp³-hybridized carbons (Fsp3) is 0.158. The maximum absolute atomic E-state index is 12.3. The molecule has 0 aliphatic rings. The second-order valence-electron chi connectivity index (χ2n) is 5.48. The molecule has 134 valence electrons. The van der Waals surface area contributed by atoms with Crippen LogP contribution in [0.4, 0.5) is 5.88 Å². The monoisotopic (exact) mass is 416 g/mol. The van der Waals surface area contributed by atoms with E-state index in [-0.39, 0.29) is 11.8 Å². The van der Waals surface area contributed by atoms with Crippen LogP contribution in [0, 0.1) is 0 Å². The molecule has 0 saturated heterocycles. The summed E-state index contributed by atoms with van der Waals surface area (Å²) in [7, 11) is 1.55. The zero-order valence-electron chi connectivity index (χ0n) is 14.2. The van der Waals surface area contributed by atoms with E-state index in [2.05, 4.69) is 26.4 Å². The first kappa shape index (κ1) is 18.0. The molecule has 1 unspecified atom stereocenters. The number of hydrogen-bond donors (Lipinski definition) is 1. The van der Waals surface area contributed by atoms with Crippen LogP contribution < -0.4 is 14.8 Å². The van der Waals surface area contributed by atoms with Gasteiger partial charge in [0.1, 0.15) is 5.69 Å². The number of para-hydroxylation sites is 2. The van der Waals surface area contributed by atoms with Gasteiger partial charge in [-0.1, -0.05) is 45.4 Å². The number of nitrogens with one attached hydrogen (secondary N) is 1. The number of anilines is 1. The van der Waals surface area contributed by atoms with Crippen molar-refractivity contribution in [3.05, 3.63) is 59.1 Å². The van der Waals surface area contributed by atoms with Crippen molar-refractivity contribution in [2.24, 2.45) is 0 Å². The highest BCUT2D eigenvalue weighted by Crippen LogP contribution is 2.27. The van der Waals surface area contributed by atoms with E-state index >= 15 is 0 Å². The van der Waals surface area contributed by atoms with Crippen LogP contribution in [0.2, 0.25) is 0 Å². The van der Waals surface area contributed by atoms with Crippen LogP contribution in [-0.2, 0) is 4.79 Å². The summed E-state index contributed by atoms with van der Waals surface area (Å²) in [4.78, 5) is 12.3. The van der Waals surface area contributed by atoms with Gasteiger partial charge in [-0.05, 0) is 31.2 Å². The Morgan fingerprint density at radius 2 is 1.85 bits per heavy atom. The summed E-state index contributed by atoms with van der Waals surface area (Å²) < 4.78 is 17.1. The van der Waals surface area contributed by atoms with Gasteiger partial charge in [-0.15, -0.1) is 0 Å². The molecule has 0 saturated carbocycles. The number of benzene rings is 2. The lowest BCUT2D eigenvalue weighted by molar-refractivity contribution is -0.122. The van der Waals surface area contributed by atoms with E-state index in [1.807, 2.05) is 36.4 Å². The summed E-state index contributed by atoms with van der Waals surface area (Å²) in [5.74, 6) is 0.952. The lowest BCUT2D eigenvalue weighted by Crippen LogP contribution is -2.30. The predicted octanol–water partition coefficient (Wildman–Crippen LogP) is 4.52. The van der Waals surface area contributed by atoms with Gasteiger partial charge in [0.05, 0.1) is 7.11 Å². The van der Waals surface area contributed by atoms with Gasteiger partial charge in [0, 0.05) is 16.1 Å². The minimum atomic E-state index is -0.743. The molecule has 0 aliphatic carbocycles. The molecule has 3 aromatic rings. The number of amides is 1. The predicted molar refractivity (Wildman–Crippen MR) is 101 cm³/mol. The van der Waals surface area contributed by atoms with E-state index in [9.17, 15) is 4.79 Å². The van der Waals surface area contributed by atoms with E-state index in [0.29, 0.717) is 17.2 Å². The largest absolute Gasteiger partial charge is 0.493 e. The molecule has 6 nitrogen and oxygen atoms in total. The van der Waals surface area contributed by atoms with Crippen LogP contribution in [0.1, 0.15) is 6.92 Å². The highest BCUT2D eigenvalue weighted by molar-refractivity contribution is 9.10. The Kier molecular flexibility index (Phi) is 5.58. The third kappa shape index (κ3) is 4.23. The number of rotatable bonds is 6. The fourth-order valence-electron chi connectivity index (χ4n) is 2.27. The first-order chi connectivity index (χ1) is 12.6.